The number of allylic oxidation sites excluding steroid dienone is 18. The lowest BCUT2D eigenvalue weighted by Crippen LogP contribution is -2.61. The van der Waals surface area contributed by atoms with Crippen LogP contribution in [-0.2, 0) is 33.2 Å². The average molecular weight is 917 g/mol. The predicted molar refractivity (Wildman–Crippen MR) is 251 cm³/mol. The third kappa shape index (κ3) is 26.0. The minimum atomic E-state index is -1.73. The smallest absolute Gasteiger partial charge is 0.306 e. The van der Waals surface area contributed by atoms with Crippen molar-refractivity contribution < 1.29 is 69.0 Å². The monoisotopic (exact) mass is 917 g/mol. The molecule has 0 saturated carbocycles. The van der Waals surface area contributed by atoms with Crippen molar-refractivity contribution in [3.05, 3.63) is 109 Å². The summed E-state index contributed by atoms with van der Waals surface area (Å²) in [5, 5.41) is 72.0. The molecule has 0 aliphatic carbocycles. The summed E-state index contributed by atoms with van der Waals surface area (Å²) in [7, 11) is 0. The van der Waals surface area contributed by atoms with E-state index in [1.165, 1.54) is 0 Å². The van der Waals surface area contributed by atoms with Gasteiger partial charge in [0.15, 0.2) is 12.6 Å². The molecule has 0 aromatic heterocycles. The van der Waals surface area contributed by atoms with Crippen molar-refractivity contribution in [3.63, 3.8) is 0 Å². The molecule has 14 heteroatoms. The van der Waals surface area contributed by atoms with E-state index in [2.05, 4.69) is 117 Å². The summed E-state index contributed by atoms with van der Waals surface area (Å²) in [6.45, 7) is 3.18. The van der Waals surface area contributed by atoms with E-state index in [1.54, 1.807) is 0 Å². The van der Waals surface area contributed by atoms with Gasteiger partial charge in [-0.2, -0.15) is 0 Å². The summed E-state index contributed by atoms with van der Waals surface area (Å²) in [6.07, 6.45) is 33.2. The number of hydrogen-bond donors (Lipinski definition) is 7. The first-order chi connectivity index (χ1) is 31.6. The van der Waals surface area contributed by atoms with Gasteiger partial charge in [-0.1, -0.05) is 123 Å². The number of carbonyl (C=O) groups excluding carboxylic acids is 1. The largest absolute Gasteiger partial charge is 0.457 e. The Bertz CT molecular complexity index is 1480. The van der Waals surface area contributed by atoms with E-state index in [4.69, 9.17) is 28.4 Å². The Labute approximate surface area is 387 Å². The molecule has 7 N–H and O–H groups in total. The van der Waals surface area contributed by atoms with Gasteiger partial charge >= 0.3 is 5.97 Å². The Hall–Kier alpha value is -3.35. The number of esters is 1. The van der Waals surface area contributed by atoms with E-state index >= 15 is 0 Å². The van der Waals surface area contributed by atoms with Crippen LogP contribution >= 0.6 is 0 Å². The highest BCUT2D eigenvalue weighted by molar-refractivity contribution is 5.69. The Kier molecular flexibility index (Phi) is 33.5. The lowest BCUT2D eigenvalue weighted by Gasteiger charge is -2.42. The maximum Gasteiger partial charge on any atom is 0.306 e. The molecule has 0 radical (unpaired) electrons. The van der Waals surface area contributed by atoms with Crippen LogP contribution in [0.3, 0.4) is 0 Å². The highest BCUT2D eigenvalue weighted by Crippen LogP contribution is 2.26. The minimum absolute atomic E-state index is 0.00758. The van der Waals surface area contributed by atoms with Crippen molar-refractivity contribution in [1.29, 1.82) is 0 Å². The molecule has 2 aliphatic heterocycles. The number of unbranched alkanes of at least 4 members (excludes halogenated alkanes) is 2. The molecule has 2 fully saturated rings. The van der Waals surface area contributed by atoms with Crippen LogP contribution in [0.2, 0.25) is 0 Å². The normalized spacial score (nSPS) is 27.5. The van der Waals surface area contributed by atoms with Crippen molar-refractivity contribution in [2.24, 2.45) is 0 Å². The molecule has 0 spiro atoms. The van der Waals surface area contributed by atoms with E-state index in [9.17, 15) is 40.5 Å². The first-order valence-electron chi connectivity index (χ1n) is 23.5. The summed E-state index contributed by atoms with van der Waals surface area (Å²) in [5.41, 5.74) is 0. The third-order valence-corrected chi connectivity index (χ3v) is 10.3. The number of carbonyl (C=O) groups is 1. The predicted octanol–water partition coefficient (Wildman–Crippen LogP) is 6.06. The fraction of sp³-hybridized carbons (Fsp3) is 0.627. The molecule has 0 bridgehead atoms. The van der Waals surface area contributed by atoms with Crippen molar-refractivity contribution >= 4 is 5.97 Å². The Morgan fingerprint density at radius 1 is 0.508 bits per heavy atom. The van der Waals surface area contributed by atoms with Gasteiger partial charge < -0.3 is 64.2 Å². The van der Waals surface area contributed by atoms with Gasteiger partial charge in [-0.3, -0.25) is 4.79 Å². The molecular weight excluding hydrogens is 837 g/mol. The first kappa shape index (κ1) is 57.8. The van der Waals surface area contributed by atoms with Crippen molar-refractivity contribution in [2.45, 2.75) is 171 Å². The molecule has 2 aliphatic rings. The van der Waals surface area contributed by atoms with E-state index in [-0.39, 0.29) is 19.6 Å². The molecule has 0 aromatic rings. The van der Waals surface area contributed by atoms with Gasteiger partial charge in [0, 0.05) is 13.0 Å². The maximum absolute atomic E-state index is 12.9. The molecule has 0 aromatic carbocycles. The van der Waals surface area contributed by atoms with Crippen LogP contribution in [0.25, 0.3) is 0 Å². The highest BCUT2D eigenvalue weighted by Gasteiger charge is 2.47. The van der Waals surface area contributed by atoms with Gasteiger partial charge in [0.25, 0.3) is 0 Å². The van der Waals surface area contributed by atoms with Crippen LogP contribution in [0.15, 0.2) is 109 Å². The lowest BCUT2D eigenvalue weighted by atomic mass is 9.98. The topological polar surface area (TPSA) is 214 Å². The fourth-order valence-corrected chi connectivity index (χ4v) is 6.50. The van der Waals surface area contributed by atoms with Crippen LogP contribution in [0.4, 0.5) is 0 Å². The van der Waals surface area contributed by atoms with E-state index < -0.39 is 86.7 Å². The van der Waals surface area contributed by atoms with Crippen LogP contribution in [0.1, 0.15) is 104 Å². The second-order valence-electron chi connectivity index (χ2n) is 15.8. The summed E-state index contributed by atoms with van der Waals surface area (Å²) < 4.78 is 34.0. The van der Waals surface area contributed by atoms with Gasteiger partial charge in [0.1, 0.15) is 54.9 Å². The maximum atomic E-state index is 12.9. The third-order valence-electron chi connectivity index (χ3n) is 10.3. The van der Waals surface area contributed by atoms with E-state index in [0.717, 1.165) is 70.6 Å². The van der Waals surface area contributed by atoms with E-state index in [1.807, 2.05) is 6.08 Å². The average Bonchev–Trinajstić information content (AvgIpc) is 3.30. The quantitative estimate of drug-likeness (QED) is 0.0222. The summed E-state index contributed by atoms with van der Waals surface area (Å²) in [5.74, 6) is -0.458. The molecule has 2 rings (SSSR count). The number of aliphatic hydroxyl groups is 7. The number of hydrogen-bond acceptors (Lipinski definition) is 14. The van der Waals surface area contributed by atoms with Crippen molar-refractivity contribution in [3.8, 4) is 0 Å². The van der Waals surface area contributed by atoms with Gasteiger partial charge in [-0.25, -0.2) is 0 Å². The fourth-order valence-electron chi connectivity index (χ4n) is 6.50. The Balaban J connectivity index is 1.86. The van der Waals surface area contributed by atoms with Crippen LogP contribution in [0.5, 0.6) is 0 Å². The molecule has 65 heavy (non-hydrogen) atoms. The van der Waals surface area contributed by atoms with Crippen molar-refractivity contribution in [2.75, 3.05) is 33.0 Å². The Morgan fingerprint density at radius 2 is 0.923 bits per heavy atom. The molecule has 11 atom stereocenters. The van der Waals surface area contributed by atoms with Crippen molar-refractivity contribution in [1.82, 2.24) is 0 Å². The van der Waals surface area contributed by atoms with Gasteiger partial charge in [0.05, 0.1) is 26.4 Å². The molecule has 2 saturated heterocycles. The van der Waals surface area contributed by atoms with Crippen LogP contribution in [-0.4, -0.2) is 142 Å². The number of rotatable bonds is 34. The molecule has 368 valence electrons. The highest BCUT2D eigenvalue weighted by atomic mass is 16.7. The zero-order chi connectivity index (χ0) is 47.3. The Morgan fingerprint density at radius 3 is 1.40 bits per heavy atom. The van der Waals surface area contributed by atoms with Crippen LogP contribution < -0.4 is 0 Å². The van der Waals surface area contributed by atoms with Gasteiger partial charge in [0.2, 0.25) is 0 Å². The summed E-state index contributed by atoms with van der Waals surface area (Å²) in [4.78, 5) is 12.9. The number of ether oxygens (including phenoxy) is 6. The second kappa shape index (κ2) is 37.7. The molecule has 11 unspecified atom stereocenters. The van der Waals surface area contributed by atoms with E-state index in [0.29, 0.717) is 19.4 Å². The summed E-state index contributed by atoms with van der Waals surface area (Å²) >= 11 is 0. The molecule has 2 heterocycles. The first-order valence-corrected chi connectivity index (χ1v) is 23.5. The molecular formula is C51H80O14. The SMILES string of the molecule is CC/C=C\C/C=C\C/C=C\C/C=C\C/C=C\CCCC(=O)OC(COCCC/C=C\C/C=C\C/C=C\C/C=C\CC)COC1OC(COC2OC(CO)C(O)C(O)C2O)C(O)C(O)C1O. The van der Waals surface area contributed by atoms with Gasteiger partial charge in [-0.15, -0.1) is 0 Å². The van der Waals surface area contributed by atoms with Gasteiger partial charge in [-0.05, 0) is 83.5 Å². The minimum Gasteiger partial charge on any atom is -0.457 e. The molecule has 0 amide bonds. The summed E-state index contributed by atoms with van der Waals surface area (Å²) in [6, 6.07) is 0. The lowest BCUT2D eigenvalue weighted by molar-refractivity contribution is -0.332. The zero-order valence-corrected chi connectivity index (χ0v) is 38.7. The molecule has 14 nitrogen and oxygen atoms in total. The second-order valence-corrected chi connectivity index (χ2v) is 15.8. The van der Waals surface area contributed by atoms with Crippen LogP contribution in [0, 0.1) is 0 Å². The number of aliphatic hydroxyl groups excluding tert-OH is 7. The standard InChI is InChI=1S/C51H80O14/c1-3-5-7-9-11-13-15-17-19-20-21-22-24-26-28-30-32-34-43(53)63-40(37-60-35-33-31-29-27-25-23-18-16-14-12-10-8-6-4-2)38-61-50-49(59)47(57)45(55)42(65-50)39-62-51-48(58)46(56)44(54)41(36-52)64-51/h5-8,11-14,17-19,21-23,26-29,40-42,44-52,54-59H,3-4,9-10,15-16,20,24-25,30-39H2,1-2H3/b7-5-,8-6-,13-11-,14-12-,19-17-,22-21-,23-18-,28-26-,29-27-. The zero-order valence-electron chi connectivity index (χ0n) is 38.7.